The van der Waals surface area contributed by atoms with Gasteiger partial charge in [-0.15, -0.1) is 0 Å². The maximum atomic E-state index is 11.5. The average Bonchev–Trinajstić information content (AvgIpc) is 2.42. The molecule has 0 aromatic heterocycles. The standard InChI is InChI=1S/C12H13NO2/c1-12(2)10(14)8-11(15-12)13-9-6-4-3-5-7-9/h3-7H,8H2,1-2H3. The first-order valence-corrected chi connectivity index (χ1v) is 4.93. The summed E-state index contributed by atoms with van der Waals surface area (Å²) in [6.07, 6.45) is 0.294. The fourth-order valence-electron chi connectivity index (χ4n) is 1.45. The lowest BCUT2D eigenvalue weighted by atomic mass is 10.0. The Hall–Kier alpha value is -1.64. The van der Waals surface area contributed by atoms with Crippen molar-refractivity contribution in [1.82, 2.24) is 0 Å². The van der Waals surface area contributed by atoms with E-state index in [1.807, 2.05) is 30.3 Å². The van der Waals surface area contributed by atoms with Crippen molar-refractivity contribution in [3.05, 3.63) is 30.3 Å². The normalized spacial score (nSPS) is 21.7. The second-order valence-electron chi connectivity index (χ2n) is 4.05. The lowest BCUT2D eigenvalue weighted by Crippen LogP contribution is -2.27. The molecular formula is C12H13NO2. The molecule has 3 nitrogen and oxygen atoms in total. The number of Topliss-reactive ketones (excluding diaryl/α,β-unsaturated/α-hetero) is 1. The number of carbonyl (C=O) groups is 1. The highest BCUT2D eigenvalue weighted by Gasteiger charge is 2.38. The van der Waals surface area contributed by atoms with Crippen molar-refractivity contribution in [1.29, 1.82) is 0 Å². The molecule has 15 heavy (non-hydrogen) atoms. The summed E-state index contributed by atoms with van der Waals surface area (Å²) in [6.45, 7) is 3.53. The predicted molar refractivity (Wildman–Crippen MR) is 58.3 cm³/mol. The van der Waals surface area contributed by atoms with Crippen LogP contribution >= 0.6 is 0 Å². The summed E-state index contributed by atoms with van der Waals surface area (Å²) < 4.78 is 5.47. The molecule has 1 heterocycles. The third-order valence-electron chi connectivity index (χ3n) is 2.37. The Balaban J connectivity index is 2.22. The number of aliphatic imine (C=N–C) groups is 1. The minimum atomic E-state index is -0.715. The molecule has 0 amide bonds. The van der Waals surface area contributed by atoms with Gasteiger partial charge in [0.2, 0.25) is 0 Å². The van der Waals surface area contributed by atoms with Crippen molar-refractivity contribution in [2.45, 2.75) is 25.9 Å². The Morgan fingerprint density at radius 1 is 1.27 bits per heavy atom. The quantitative estimate of drug-likeness (QED) is 0.703. The number of rotatable bonds is 1. The summed E-state index contributed by atoms with van der Waals surface area (Å²) in [7, 11) is 0. The van der Waals surface area contributed by atoms with Crippen LogP contribution in [0.1, 0.15) is 20.3 Å². The Morgan fingerprint density at radius 2 is 1.93 bits per heavy atom. The third kappa shape index (κ3) is 2.06. The molecule has 1 saturated heterocycles. The van der Waals surface area contributed by atoms with Crippen LogP contribution in [0.4, 0.5) is 5.69 Å². The number of hydrogen-bond acceptors (Lipinski definition) is 3. The maximum absolute atomic E-state index is 11.5. The van der Waals surface area contributed by atoms with Crippen LogP contribution in [-0.4, -0.2) is 17.3 Å². The van der Waals surface area contributed by atoms with E-state index >= 15 is 0 Å². The van der Waals surface area contributed by atoms with Crippen molar-refractivity contribution in [2.75, 3.05) is 0 Å². The van der Waals surface area contributed by atoms with E-state index in [4.69, 9.17) is 4.74 Å². The molecule has 0 atom stereocenters. The van der Waals surface area contributed by atoms with Crippen LogP contribution in [0.15, 0.2) is 35.3 Å². The zero-order valence-electron chi connectivity index (χ0n) is 8.86. The second-order valence-corrected chi connectivity index (χ2v) is 4.05. The van der Waals surface area contributed by atoms with Crippen LogP contribution in [0.5, 0.6) is 0 Å². The summed E-state index contributed by atoms with van der Waals surface area (Å²) in [5.41, 5.74) is 0.103. The molecule has 0 unspecified atom stereocenters. The van der Waals surface area contributed by atoms with Gasteiger partial charge in [-0.3, -0.25) is 4.79 Å². The fourth-order valence-corrected chi connectivity index (χ4v) is 1.45. The van der Waals surface area contributed by atoms with Gasteiger partial charge in [-0.05, 0) is 26.0 Å². The average molecular weight is 203 g/mol. The smallest absolute Gasteiger partial charge is 0.197 e. The molecule has 0 N–H and O–H groups in total. The Morgan fingerprint density at radius 3 is 2.47 bits per heavy atom. The highest BCUT2D eigenvalue weighted by Crippen LogP contribution is 2.24. The van der Waals surface area contributed by atoms with Crippen molar-refractivity contribution in [2.24, 2.45) is 4.99 Å². The van der Waals surface area contributed by atoms with Crippen LogP contribution < -0.4 is 0 Å². The summed E-state index contributed by atoms with van der Waals surface area (Å²) in [5, 5.41) is 0. The maximum Gasteiger partial charge on any atom is 0.197 e. The minimum Gasteiger partial charge on any atom is -0.466 e. The summed E-state index contributed by atoms with van der Waals surface area (Å²) >= 11 is 0. The van der Waals surface area contributed by atoms with E-state index in [-0.39, 0.29) is 5.78 Å². The number of benzene rings is 1. The van der Waals surface area contributed by atoms with Gasteiger partial charge in [0.15, 0.2) is 17.3 Å². The van der Waals surface area contributed by atoms with Gasteiger partial charge in [0.1, 0.15) is 0 Å². The predicted octanol–water partition coefficient (Wildman–Crippen LogP) is 2.48. The lowest BCUT2D eigenvalue weighted by Gasteiger charge is -2.14. The number of nitrogens with zero attached hydrogens (tertiary/aromatic N) is 1. The molecule has 0 aliphatic carbocycles. The minimum absolute atomic E-state index is 0.0807. The molecule has 1 aromatic rings. The zero-order chi connectivity index (χ0) is 10.9. The van der Waals surface area contributed by atoms with Crippen LogP contribution in [0.3, 0.4) is 0 Å². The molecule has 1 aliphatic heterocycles. The topological polar surface area (TPSA) is 38.7 Å². The Bertz CT molecular complexity index is 407. The largest absolute Gasteiger partial charge is 0.466 e. The van der Waals surface area contributed by atoms with Gasteiger partial charge in [-0.25, -0.2) is 4.99 Å². The summed E-state index contributed by atoms with van der Waals surface area (Å²) in [5.74, 6) is 0.591. The fraction of sp³-hybridized carbons (Fsp3) is 0.333. The van der Waals surface area contributed by atoms with E-state index in [0.717, 1.165) is 5.69 Å². The van der Waals surface area contributed by atoms with Crippen LogP contribution in [0, 0.1) is 0 Å². The van der Waals surface area contributed by atoms with Gasteiger partial charge in [0.05, 0.1) is 12.1 Å². The van der Waals surface area contributed by atoms with E-state index in [9.17, 15) is 4.79 Å². The highest BCUT2D eigenvalue weighted by molar-refractivity contribution is 6.08. The first-order valence-electron chi connectivity index (χ1n) is 4.93. The molecule has 0 radical (unpaired) electrons. The highest BCUT2D eigenvalue weighted by atomic mass is 16.5. The van der Waals surface area contributed by atoms with Gasteiger partial charge in [0.25, 0.3) is 0 Å². The van der Waals surface area contributed by atoms with E-state index in [1.165, 1.54) is 0 Å². The van der Waals surface area contributed by atoms with Crippen LogP contribution in [0.25, 0.3) is 0 Å². The SMILES string of the molecule is CC1(C)OC(=Nc2ccccc2)CC1=O. The summed E-state index contributed by atoms with van der Waals surface area (Å²) in [6, 6.07) is 9.50. The van der Waals surface area contributed by atoms with Gasteiger partial charge in [-0.1, -0.05) is 18.2 Å². The van der Waals surface area contributed by atoms with Crippen molar-refractivity contribution in [3.8, 4) is 0 Å². The number of para-hydroxylation sites is 1. The van der Waals surface area contributed by atoms with Gasteiger partial charge < -0.3 is 4.74 Å². The number of carbonyl (C=O) groups excluding carboxylic acids is 1. The molecular weight excluding hydrogens is 190 g/mol. The Kier molecular flexibility index (Phi) is 2.31. The molecule has 0 bridgehead atoms. The number of ether oxygens (including phenoxy) is 1. The molecule has 78 valence electrons. The summed E-state index contributed by atoms with van der Waals surface area (Å²) in [4.78, 5) is 15.8. The first kappa shape index (κ1) is 9.90. The lowest BCUT2D eigenvalue weighted by molar-refractivity contribution is -0.127. The first-order chi connectivity index (χ1) is 7.08. The van der Waals surface area contributed by atoms with Crippen LogP contribution in [0.2, 0.25) is 0 Å². The van der Waals surface area contributed by atoms with Gasteiger partial charge in [0, 0.05) is 0 Å². The monoisotopic (exact) mass is 203 g/mol. The zero-order valence-corrected chi connectivity index (χ0v) is 8.86. The molecule has 1 aliphatic rings. The number of hydrogen-bond donors (Lipinski definition) is 0. The molecule has 0 saturated carbocycles. The van der Waals surface area contributed by atoms with Gasteiger partial charge >= 0.3 is 0 Å². The second kappa shape index (κ2) is 3.50. The molecule has 0 spiro atoms. The van der Waals surface area contributed by atoms with Gasteiger partial charge in [-0.2, -0.15) is 0 Å². The number of ketones is 1. The molecule has 3 heteroatoms. The van der Waals surface area contributed by atoms with E-state index in [0.29, 0.717) is 12.3 Å². The molecule has 1 fully saturated rings. The Labute approximate surface area is 88.8 Å². The van der Waals surface area contributed by atoms with E-state index in [2.05, 4.69) is 4.99 Å². The van der Waals surface area contributed by atoms with E-state index < -0.39 is 5.60 Å². The van der Waals surface area contributed by atoms with E-state index in [1.54, 1.807) is 13.8 Å². The van der Waals surface area contributed by atoms with Crippen LogP contribution in [-0.2, 0) is 9.53 Å². The molecule has 2 rings (SSSR count). The van der Waals surface area contributed by atoms with Crippen molar-refractivity contribution >= 4 is 17.4 Å². The van der Waals surface area contributed by atoms with Crippen molar-refractivity contribution < 1.29 is 9.53 Å². The molecule has 1 aromatic carbocycles. The third-order valence-corrected chi connectivity index (χ3v) is 2.37. The van der Waals surface area contributed by atoms with Crippen molar-refractivity contribution in [3.63, 3.8) is 0 Å².